The lowest BCUT2D eigenvalue weighted by molar-refractivity contribution is -0.138. The minimum Gasteiger partial charge on any atom is -0.453 e. The van der Waals surface area contributed by atoms with Crippen LogP contribution >= 0.6 is 0 Å². The third-order valence-electron chi connectivity index (χ3n) is 5.26. The molecule has 6 heteroatoms. The average Bonchev–Trinajstić information content (AvgIpc) is 3.09. The molecule has 6 nitrogen and oxygen atoms in total. The van der Waals surface area contributed by atoms with Gasteiger partial charge in [-0.3, -0.25) is 9.59 Å². The van der Waals surface area contributed by atoms with Crippen molar-refractivity contribution in [2.75, 3.05) is 33.3 Å². The second-order valence-corrected chi connectivity index (χ2v) is 7.30. The molecule has 1 atom stereocenters. The average molecular weight is 348 g/mol. The second-order valence-electron chi connectivity index (χ2n) is 7.30. The summed E-state index contributed by atoms with van der Waals surface area (Å²) in [5.74, 6) is 1.82. The summed E-state index contributed by atoms with van der Waals surface area (Å²) in [6, 6.07) is 3.47. The van der Waals surface area contributed by atoms with E-state index in [9.17, 15) is 9.59 Å². The number of amides is 2. The number of ether oxygens (including phenoxy) is 1. The first-order valence-corrected chi connectivity index (χ1v) is 9.24. The fourth-order valence-electron chi connectivity index (χ4n) is 3.85. The summed E-state index contributed by atoms with van der Waals surface area (Å²) in [4.78, 5) is 29.1. The van der Waals surface area contributed by atoms with Gasteiger partial charge < -0.3 is 19.0 Å². The first-order valence-electron chi connectivity index (χ1n) is 9.24. The molecule has 1 aromatic rings. The van der Waals surface area contributed by atoms with E-state index in [1.807, 2.05) is 4.90 Å². The molecule has 2 fully saturated rings. The molecule has 2 aliphatic heterocycles. The van der Waals surface area contributed by atoms with Gasteiger partial charge in [-0.1, -0.05) is 6.92 Å². The highest BCUT2D eigenvalue weighted by atomic mass is 16.5. The Morgan fingerprint density at radius 1 is 1.16 bits per heavy atom. The molecule has 0 bridgehead atoms. The Kier molecular flexibility index (Phi) is 5.78. The summed E-state index contributed by atoms with van der Waals surface area (Å²) in [7, 11) is 1.59. The van der Waals surface area contributed by atoms with Gasteiger partial charge in [-0.2, -0.15) is 0 Å². The van der Waals surface area contributed by atoms with Crippen LogP contribution in [0.3, 0.4) is 0 Å². The summed E-state index contributed by atoms with van der Waals surface area (Å²) in [5.41, 5.74) is 0. The van der Waals surface area contributed by atoms with Gasteiger partial charge in [-0.15, -0.1) is 0 Å². The van der Waals surface area contributed by atoms with Gasteiger partial charge in [0.1, 0.15) is 12.4 Å². The fourth-order valence-corrected chi connectivity index (χ4v) is 3.85. The molecule has 2 saturated heterocycles. The number of carbonyl (C=O) groups excluding carboxylic acids is 2. The molecule has 138 valence electrons. The predicted molar refractivity (Wildman–Crippen MR) is 93.0 cm³/mol. The Morgan fingerprint density at radius 2 is 1.92 bits per heavy atom. The number of hydrogen-bond acceptors (Lipinski definition) is 4. The Labute approximate surface area is 149 Å². The van der Waals surface area contributed by atoms with Crippen LogP contribution < -0.4 is 0 Å². The highest BCUT2D eigenvalue weighted by Gasteiger charge is 2.32. The molecule has 0 spiro atoms. The number of carbonyl (C=O) groups is 2. The first-order chi connectivity index (χ1) is 12.1. The first kappa shape index (κ1) is 18.0. The fraction of sp³-hybridized carbons (Fsp3) is 0.684. The smallest absolute Gasteiger partial charge is 0.289 e. The maximum absolute atomic E-state index is 12.7. The molecule has 2 aliphatic rings. The summed E-state index contributed by atoms with van der Waals surface area (Å²) in [5, 5.41) is 0. The Bertz CT molecular complexity index is 604. The molecule has 25 heavy (non-hydrogen) atoms. The maximum atomic E-state index is 12.7. The van der Waals surface area contributed by atoms with Crippen LogP contribution in [0.2, 0.25) is 0 Å². The van der Waals surface area contributed by atoms with Gasteiger partial charge in [-0.05, 0) is 43.7 Å². The van der Waals surface area contributed by atoms with Gasteiger partial charge in [0.2, 0.25) is 5.91 Å². The van der Waals surface area contributed by atoms with Crippen molar-refractivity contribution in [2.45, 2.75) is 39.2 Å². The molecule has 0 saturated carbocycles. The zero-order valence-electron chi connectivity index (χ0n) is 15.2. The maximum Gasteiger partial charge on any atom is 0.289 e. The zero-order chi connectivity index (χ0) is 17.8. The summed E-state index contributed by atoms with van der Waals surface area (Å²) < 4.78 is 10.5. The number of likely N-dealkylation sites (tertiary alicyclic amines) is 2. The van der Waals surface area contributed by atoms with E-state index >= 15 is 0 Å². The van der Waals surface area contributed by atoms with Crippen molar-refractivity contribution < 1.29 is 18.7 Å². The van der Waals surface area contributed by atoms with E-state index in [4.69, 9.17) is 9.15 Å². The van der Waals surface area contributed by atoms with Gasteiger partial charge in [0.25, 0.3) is 5.91 Å². The highest BCUT2D eigenvalue weighted by Crippen LogP contribution is 2.24. The second kappa shape index (κ2) is 8.04. The summed E-state index contributed by atoms with van der Waals surface area (Å²) in [6.45, 7) is 5.56. The van der Waals surface area contributed by atoms with E-state index in [1.165, 1.54) is 6.42 Å². The predicted octanol–water partition coefficient (Wildman–Crippen LogP) is 2.54. The van der Waals surface area contributed by atoms with E-state index < -0.39 is 0 Å². The molecule has 0 radical (unpaired) electrons. The van der Waals surface area contributed by atoms with Crippen molar-refractivity contribution in [2.24, 2.45) is 11.8 Å². The minimum absolute atomic E-state index is 0.0509. The van der Waals surface area contributed by atoms with Crippen molar-refractivity contribution in [3.8, 4) is 0 Å². The lowest BCUT2D eigenvalue weighted by Crippen LogP contribution is -2.46. The molecule has 1 unspecified atom stereocenters. The number of furan rings is 1. The number of hydrogen-bond donors (Lipinski definition) is 0. The normalized spacial score (nSPS) is 22.2. The van der Waals surface area contributed by atoms with Crippen LogP contribution in [0.25, 0.3) is 0 Å². The van der Waals surface area contributed by atoms with E-state index in [1.54, 1.807) is 24.1 Å². The lowest BCUT2D eigenvalue weighted by atomic mass is 9.92. The Morgan fingerprint density at radius 3 is 2.60 bits per heavy atom. The van der Waals surface area contributed by atoms with Crippen LogP contribution in [0.1, 0.15) is 48.9 Å². The molecule has 0 aliphatic carbocycles. The van der Waals surface area contributed by atoms with Gasteiger partial charge in [0, 0.05) is 39.2 Å². The number of rotatable bonds is 4. The van der Waals surface area contributed by atoms with Crippen molar-refractivity contribution in [1.29, 1.82) is 0 Å². The molecular weight excluding hydrogens is 320 g/mol. The molecule has 1 aromatic heterocycles. The number of nitrogens with zero attached hydrogens (tertiary/aromatic N) is 2. The summed E-state index contributed by atoms with van der Waals surface area (Å²) in [6.07, 6.45) is 3.79. The van der Waals surface area contributed by atoms with Gasteiger partial charge >= 0.3 is 0 Å². The molecular formula is C19H28N2O4. The number of methoxy groups -OCH3 is 1. The van der Waals surface area contributed by atoms with Crippen LogP contribution in [0.4, 0.5) is 0 Å². The van der Waals surface area contributed by atoms with Crippen LogP contribution in [-0.2, 0) is 16.1 Å². The summed E-state index contributed by atoms with van der Waals surface area (Å²) >= 11 is 0. The lowest BCUT2D eigenvalue weighted by Gasteiger charge is -2.37. The minimum atomic E-state index is -0.0974. The van der Waals surface area contributed by atoms with E-state index in [-0.39, 0.29) is 17.7 Å². The van der Waals surface area contributed by atoms with Gasteiger partial charge in [-0.25, -0.2) is 0 Å². The van der Waals surface area contributed by atoms with Crippen molar-refractivity contribution in [3.05, 3.63) is 23.7 Å². The zero-order valence-corrected chi connectivity index (χ0v) is 15.2. The molecule has 2 amide bonds. The molecule has 0 N–H and O–H groups in total. The SMILES string of the molecule is COCc1ccc(C(=O)N2CCC(C(=O)N3CCCC(C)C3)CC2)o1. The Balaban J connectivity index is 1.52. The molecule has 3 rings (SSSR count). The van der Waals surface area contributed by atoms with Gasteiger partial charge in [0.05, 0.1) is 0 Å². The van der Waals surface area contributed by atoms with Crippen LogP contribution in [0.5, 0.6) is 0 Å². The van der Waals surface area contributed by atoms with Crippen LogP contribution in [0.15, 0.2) is 16.5 Å². The number of piperidine rings is 2. The third-order valence-corrected chi connectivity index (χ3v) is 5.26. The van der Waals surface area contributed by atoms with Crippen LogP contribution in [-0.4, -0.2) is 54.9 Å². The van der Waals surface area contributed by atoms with Crippen molar-refractivity contribution in [3.63, 3.8) is 0 Å². The quantitative estimate of drug-likeness (QED) is 0.839. The van der Waals surface area contributed by atoms with Crippen LogP contribution in [0, 0.1) is 11.8 Å². The molecule has 3 heterocycles. The largest absolute Gasteiger partial charge is 0.453 e. The van der Waals surface area contributed by atoms with E-state index in [2.05, 4.69) is 6.92 Å². The van der Waals surface area contributed by atoms with Gasteiger partial charge in [0.15, 0.2) is 5.76 Å². The van der Waals surface area contributed by atoms with Crippen molar-refractivity contribution in [1.82, 2.24) is 9.80 Å². The van der Waals surface area contributed by atoms with Crippen molar-refractivity contribution >= 4 is 11.8 Å². The molecule has 0 aromatic carbocycles. The standard InChI is InChI=1S/C19H28N2O4/c1-14-4-3-9-21(12-14)18(22)15-7-10-20(11-8-15)19(23)17-6-5-16(25-17)13-24-2/h5-6,14-15H,3-4,7-13H2,1-2H3. The third kappa shape index (κ3) is 4.24. The monoisotopic (exact) mass is 348 g/mol. The topological polar surface area (TPSA) is 63.0 Å². The highest BCUT2D eigenvalue weighted by molar-refractivity contribution is 5.91. The Hall–Kier alpha value is -1.82. The van der Waals surface area contributed by atoms with E-state index in [0.29, 0.717) is 37.1 Å². The van der Waals surface area contributed by atoms with E-state index in [0.717, 1.165) is 32.4 Å².